The van der Waals surface area contributed by atoms with Gasteiger partial charge in [0.2, 0.25) is 5.82 Å². The Labute approximate surface area is 146 Å². The third-order valence-corrected chi connectivity index (χ3v) is 2.74. The second-order valence-electron chi connectivity index (χ2n) is 7.54. The van der Waals surface area contributed by atoms with Gasteiger partial charge in [0, 0.05) is 12.6 Å². The number of carboxylic acids is 1. The SMILES string of the molecule is CC(C)(C)OC(=O)c1ncc(CC(N)C(=O)O)n1C(=O)OC(C)(C)C. The first-order valence-electron chi connectivity index (χ1n) is 7.73. The number of carbonyl (C=O) groups is 3. The zero-order chi connectivity index (χ0) is 19.6. The molecule has 9 nitrogen and oxygen atoms in total. The number of nitrogens with zero attached hydrogens (tertiary/aromatic N) is 2. The van der Waals surface area contributed by atoms with E-state index in [4.69, 9.17) is 20.3 Å². The molecular weight excluding hydrogens is 330 g/mol. The van der Waals surface area contributed by atoms with E-state index in [-0.39, 0.29) is 17.9 Å². The zero-order valence-electron chi connectivity index (χ0n) is 15.3. The lowest BCUT2D eigenvalue weighted by Crippen LogP contribution is -2.36. The van der Waals surface area contributed by atoms with E-state index in [1.807, 2.05) is 0 Å². The number of ether oxygens (including phenoxy) is 2. The lowest BCUT2D eigenvalue weighted by molar-refractivity contribution is -0.138. The van der Waals surface area contributed by atoms with Gasteiger partial charge in [-0.1, -0.05) is 0 Å². The molecule has 0 radical (unpaired) electrons. The molecule has 1 aromatic heterocycles. The highest BCUT2D eigenvalue weighted by Gasteiger charge is 2.30. The van der Waals surface area contributed by atoms with Crippen LogP contribution in [0.5, 0.6) is 0 Å². The Bertz CT molecular complexity index is 666. The molecule has 0 fully saturated rings. The Hall–Kier alpha value is -2.42. The number of nitrogens with two attached hydrogens (primary N) is 1. The molecule has 9 heteroatoms. The van der Waals surface area contributed by atoms with Gasteiger partial charge >= 0.3 is 18.0 Å². The number of imidazole rings is 1. The maximum atomic E-state index is 12.5. The average Bonchev–Trinajstić information content (AvgIpc) is 2.78. The predicted molar refractivity (Wildman–Crippen MR) is 88.3 cm³/mol. The summed E-state index contributed by atoms with van der Waals surface area (Å²) < 4.78 is 11.4. The van der Waals surface area contributed by atoms with Crippen molar-refractivity contribution >= 4 is 18.0 Å². The standard InChI is InChI=1S/C16H25N3O6/c1-15(2,3)24-13(22)11-18-8-9(7-10(17)12(20)21)19(11)14(23)25-16(4,5)6/h8,10H,7,17H2,1-6H3,(H,20,21). The Balaban J connectivity index is 3.29. The first kappa shape index (κ1) is 20.6. The van der Waals surface area contributed by atoms with Gasteiger partial charge in [0.1, 0.15) is 17.2 Å². The molecule has 3 N–H and O–H groups in total. The number of aromatic nitrogens is 2. The smallest absolute Gasteiger partial charge is 0.420 e. The molecular formula is C16H25N3O6. The van der Waals surface area contributed by atoms with E-state index in [0.29, 0.717) is 0 Å². The number of hydrogen-bond donors (Lipinski definition) is 2. The maximum absolute atomic E-state index is 12.5. The van der Waals surface area contributed by atoms with E-state index in [1.165, 1.54) is 6.20 Å². The van der Waals surface area contributed by atoms with Crippen LogP contribution in [-0.2, 0) is 20.7 Å². The number of carbonyl (C=O) groups excluding carboxylic acids is 2. The van der Waals surface area contributed by atoms with Gasteiger partial charge in [-0.05, 0) is 41.5 Å². The first-order chi connectivity index (χ1) is 11.2. The molecule has 140 valence electrons. The molecule has 1 atom stereocenters. The minimum atomic E-state index is -1.26. The summed E-state index contributed by atoms with van der Waals surface area (Å²) in [6.45, 7) is 10.0. The fourth-order valence-corrected chi connectivity index (χ4v) is 1.82. The number of rotatable bonds is 4. The number of hydrogen-bond acceptors (Lipinski definition) is 7. The van der Waals surface area contributed by atoms with Crippen molar-refractivity contribution in [3.8, 4) is 0 Å². The largest absolute Gasteiger partial charge is 0.480 e. The van der Waals surface area contributed by atoms with Gasteiger partial charge in [-0.3, -0.25) is 4.79 Å². The highest BCUT2D eigenvalue weighted by molar-refractivity contribution is 5.90. The highest BCUT2D eigenvalue weighted by Crippen LogP contribution is 2.17. The van der Waals surface area contributed by atoms with Gasteiger partial charge in [-0.25, -0.2) is 19.1 Å². The van der Waals surface area contributed by atoms with E-state index in [1.54, 1.807) is 41.5 Å². The van der Waals surface area contributed by atoms with Gasteiger partial charge < -0.3 is 20.3 Å². The maximum Gasteiger partial charge on any atom is 0.420 e. The molecule has 0 saturated heterocycles. The van der Waals surface area contributed by atoms with Crippen LogP contribution in [0.25, 0.3) is 0 Å². The van der Waals surface area contributed by atoms with Gasteiger partial charge in [-0.15, -0.1) is 0 Å². The third-order valence-electron chi connectivity index (χ3n) is 2.74. The van der Waals surface area contributed by atoms with E-state index < -0.39 is 35.3 Å². The van der Waals surface area contributed by atoms with Crippen LogP contribution < -0.4 is 5.73 Å². The van der Waals surface area contributed by atoms with Crippen LogP contribution in [0, 0.1) is 0 Å². The normalized spacial score (nSPS) is 13.2. The van der Waals surface area contributed by atoms with Crippen LogP contribution in [0.4, 0.5) is 4.79 Å². The van der Waals surface area contributed by atoms with Crippen LogP contribution in [0.2, 0.25) is 0 Å². The molecule has 0 bridgehead atoms. The molecule has 0 saturated carbocycles. The first-order valence-corrected chi connectivity index (χ1v) is 7.73. The van der Waals surface area contributed by atoms with Gasteiger partial charge in [0.05, 0.1) is 5.69 Å². The number of aliphatic carboxylic acids is 1. The van der Waals surface area contributed by atoms with Crippen LogP contribution in [0.3, 0.4) is 0 Å². The van der Waals surface area contributed by atoms with E-state index in [2.05, 4.69) is 4.98 Å². The molecule has 0 amide bonds. The number of esters is 1. The molecule has 0 aliphatic heterocycles. The van der Waals surface area contributed by atoms with E-state index in [9.17, 15) is 14.4 Å². The summed E-state index contributed by atoms with van der Waals surface area (Å²) in [5, 5.41) is 8.97. The lowest BCUT2D eigenvalue weighted by atomic mass is 10.2. The summed E-state index contributed by atoms with van der Waals surface area (Å²) in [6.07, 6.45) is 0.148. The van der Waals surface area contributed by atoms with Crippen molar-refractivity contribution in [1.29, 1.82) is 0 Å². The summed E-state index contributed by atoms with van der Waals surface area (Å²) in [5.41, 5.74) is 4.05. The molecule has 0 aromatic carbocycles. The van der Waals surface area contributed by atoms with Gasteiger partial charge in [0.25, 0.3) is 0 Å². The van der Waals surface area contributed by atoms with E-state index in [0.717, 1.165) is 4.57 Å². The third kappa shape index (κ3) is 6.18. The van der Waals surface area contributed by atoms with Crippen molar-refractivity contribution in [2.45, 2.75) is 65.2 Å². The molecule has 0 aliphatic carbocycles. The molecule has 1 heterocycles. The van der Waals surface area contributed by atoms with Crippen molar-refractivity contribution in [2.75, 3.05) is 0 Å². The molecule has 25 heavy (non-hydrogen) atoms. The van der Waals surface area contributed by atoms with Crippen LogP contribution >= 0.6 is 0 Å². The summed E-state index contributed by atoms with van der Waals surface area (Å²) >= 11 is 0. The second kappa shape index (κ2) is 7.22. The molecule has 0 spiro atoms. The average molecular weight is 355 g/mol. The Morgan fingerprint density at radius 3 is 2.12 bits per heavy atom. The van der Waals surface area contributed by atoms with Crippen LogP contribution in [0.1, 0.15) is 57.9 Å². The minimum absolute atomic E-state index is 0.144. The van der Waals surface area contributed by atoms with E-state index >= 15 is 0 Å². The fraction of sp³-hybridized carbons (Fsp3) is 0.625. The van der Waals surface area contributed by atoms with Crippen molar-refractivity contribution in [1.82, 2.24) is 9.55 Å². The summed E-state index contributed by atoms with van der Waals surface area (Å²) in [5.74, 6) is -2.36. The summed E-state index contributed by atoms with van der Waals surface area (Å²) in [4.78, 5) is 39.7. The van der Waals surface area contributed by atoms with Crippen LogP contribution in [-0.4, -0.2) is 49.9 Å². The van der Waals surface area contributed by atoms with Crippen molar-refractivity contribution in [2.24, 2.45) is 5.73 Å². The molecule has 1 rings (SSSR count). The molecule has 0 aliphatic rings. The summed E-state index contributed by atoms with van der Waals surface area (Å²) in [6, 6.07) is -1.26. The van der Waals surface area contributed by atoms with Crippen molar-refractivity contribution in [3.63, 3.8) is 0 Å². The molecule has 1 aromatic rings. The highest BCUT2D eigenvalue weighted by atomic mass is 16.6. The van der Waals surface area contributed by atoms with Gasteiger partial charge in [0.15, 0.2) is 0 Å². The minimum Gasteiger partial charge on any atom is -0.480 e. The quantitative estimate of drug-likeness (QED) is 0.777. The molecule has 1 unspecified atom stereocenters. The van der Waals surface area contributed by atoms with Crippen molar-refractivity contribution < 1.29 is 29.0 Å². The second-order valence-corrected chi connectivity index (χ2v) is 7.54. The lowest BCUT2D eigenvalue weighted by Gasteiger charge is -2.22. The Kier molecular flexibility index (Phi) is 5.96. The Morgan fingerprint density at radius 2 is 1.68 bits per heavy atom. The monoisotopic (exact) mass is 355 g/mol. The van der Waals surface area contributed by atoms with Crippen molar-refractivity contribution in [3.05, 3.63) is 17.7 Å². The topological polar surface area (TPSA) is 134 Å². The summed E-state index contributed by atoms with van der Waals surface area (Å²) in [7, 11) is 0. The Morgan fingerprint density at radius 1 is 1.16 bits per heavy atom. The van der Waals surface area contributed by atoms with Gasteiger partial charge in [-0.2, -0.15) is 0 Å². The predicted octanol–water partition coefficient (Wildman–Crippen LogP) is 1.58. The zero-order valence-corrected chi connectivity index (χ0v) is 15.3. The number of carboxylic acid groups (broad SMARTS) is 1. The fourth-order valence-electron chi connectivity index (χ4n) is 1.82. The van der Waals surface area contributed by atoms with Crippen LogP contribution in [0.15, 0.2) is 6.20 Å².